The number of ether oxygens (including phenoxy) is 3. The molecule has 0 aromatic rings. The number of methoxy groups -OCH3 is 1. The van der Waals surface area contributed by atoms with E-state index in [4.69, 9.17) is 29.7 Å². The molecule has 0 N–H and O–H groups in total. The number of rotatable bonds is 10. The summed E-state index contributed by atoms with van der Waals surface area (Å²) in [5, 5.41) is 0. The summed E-state index contributed by atoms with van der Waals surface area (Å²) in [5.41, 5.74) is 0. The minimum absolute atomic E-state index is 0.556. The molecular formula is C9H21ClO4Si. The molecule has 0 aliphatic heterocycles. The third-order valence-corrected chi connectivity index (χ3v) is 2.69. The van der Waals surface area contributed by atoms with E-state index in [9.17, 15) is 0 Å². The molecule has 0 atom stereocenters. The first-order valence-corrected chi connectivity index (χ1v) is 8.95. The van der Waals surface area contributed by atoms with Crippen LogP contribution in [-0.4, -0.2) is 54.4 Å². The van der Waals surface area contributed by atoms with E-state index in [0.29, 0.717) is 39.6 Å². The van der Waals surface area contributed by atoms with E-state index in [1.54, 1.807) is 7.11 Å². The van der Waals surface area contributed by atoms with Gasteiger partial charge in [0.2, 0.25) is 0 Å². The predicted molar refractivity (Wildman–Crippen MR) is 62.8 cm³/mol. The molecule has 0 spiro atoms. The van der Waals surface area contributed by atoms with Crippen molar-refractivity contribution in [1.29, 1.82) is 0 Å². The van der Waals surface area contributed by atoms with Crippen LogP contribution in [0.1, 0.15) is 0 Å². The summed E-state index contributed by atoms with van der Waals surface area (Å²) in [6, 6.07) is 0. The minimum atomic E-state index is -1.90. The Labute approximate surface area is 97.6 Å². The lowest BCUT2D eigenvalue weighted by molar-refractivity contribution is 0.0176. The molecule has 0 unspecified atom stereocenters. The first kappa shape index (κ1) is 15.3. The van der Waals surface area contributed by atoms with Crippen molar-refractivity contribution in [3.8, 4) is 0 Å². The van der Waals surface area contributed by atoms with Crippen LogP contribution < -0.4 is 0 Å². The van der Waals surface area contributed by atoms with Gasteiger partial charge in [-0.3, -0.25) is 0 Å². The van der Waals surface area contributed by atoms with Crippen molar-refractivity contribution in [3.63, 3.8) is 0 Å². The fraction of sp³-hybridized carbons (Fsp3) is 1.00. The summed E-state index contributed by atoms with van der Waals surface area (Å²) in [5.74, 6) is 0. The van der Waals surface area contributed by atoms with Gasteiger partial charge >= 0.3 is 0 Å². The quantitative estimate of drug-likeness (QED) is 0.338. The molecule has 0 rings (SSSR count). The first-order valence-electron chi connectivity index (χ1n) is 5.03. The van der Waals surface area contributed by atoms with E-state index < -0.39 is 7.63 Å². The van der Waals surface area contributed by atoms with Gasteiger partial charge in [-0.1, -0.05) is 0 Å². The first-order chi connectivity index (χ1) is 7.06. The molecule has 0 radical (unpaired) electrons. The highest BCUT2D eigenvalue weighted by Crippen LogP contribution is 2.08. The molecule has 15 heavy (non-hydrogen) atoms. The largest absolute Gasteiger partial charge is 0.401 e. The minimum Gasteiger partial charge on any atom is -0.401 e. The van der Waals surface area contributed by atoms with Crippen LogP contribution in [0.15, 0.2) is 0 Å². The molecule has 0 saturated carbocycles. The third-order valence-electron chi connectivity index (χ3n) is 1.48. The van der Waals surface area contributed by atoms with E-state index >= 15 is 0 Å². The lowest BCUT2D eigenvalue weighted by atomic mass is 10.7. The summed E-state index contributed by atoms with van der Waals surface area (Å²) in [6.45, 7) is 7.39. The molecule has 0 amide bonds. The van der Waals surface area contributed by atoms with Crippen molar-refractivity contribution in [3.05, 3.63) is 0 Å². The topological polar surface area (TPSA) is 36.9 Å². The SMILES string of the molecule is COCCOCCOCCO[Si](C)(C)Cl. The summed E-state index contributed by atoms with van der Waals surface area (Å²) in [7, 11) is -0.251. The summed E-state index contributed by atoms with van der Waals surface area (Å²) in [6.07, 6.45) is 0. The second kappa shape index (κ2) is 9.56. The van der Waals surface area contributed by atoms with Crippen LogP contribution in [0, 0.1) is 0 Å². The lowest BCUT2D eigenvalue weighted by Gasteiger charge is -2.14. The van der Waals surface area contributed by atoms with Crippen molar-refractivity contribution in [2.45, 2.75) is 13.1 Å². The van der Waals surface area contributed by atoms with E-state index in [2.05, 4.69) is 0 Å². The third kappa shape index (κ3) is 14.3. The number of halogens is 1. The molecule has 0 aromatic carbocycles. The smallest absolute Gasteiger partial charge is 0.283 e. The molecule has 0 bridgehead atoms. The Balaban J connectivity index is 2.99. The summed E-state index contributed by atoms with van der Waals surface area (Å²) in [4.78, 5) is 0. The molecule has 0 aliphatic rings. The zero-order chi connectivity index (χ0) is 11.6. The van der Waals surface area contributed by atoms with Crippen molar-refractivity contribution >= 4 is 18.7 Å². The molecule has 0 fully saturated rings. The lowest BCUT2D eigenvalue weighted by Crippen LogP contribution is -2.25. The van der Waals surface area contributed by atoms with E-state index in [-0.39, 0.29) is 0 Å². The maximum atomic E-state index is 5.95. The van der Waals surface area contributed by atoms with Crippen LogP contribution in [0.3, 0.4) is 0 Å². The van der Waals surface area contributed by atoms with Crippen LogP contribution in [0.4, 0.5) is 0 Å². The molecule has 4 nitrogen and oxygen atoms in total. The zero-order valence-corrected chi connectivity index (χ0v) is 11.5. The molecule has 0 aromatic heterocycles. The molecule has 0 saturated heterocycles. The second-order valence-electron chi connectivity index (χ2n) is 3.43. The Morgan fingerprint density at radius 2 is 1.33 bits per heavy atom. The average molecular weight is 257 g/mol. The van der Waals surface area contributed by atoms with Gasteiger partial charge in [0.05, 0.1) is 39.6 Å². The van der Waals surface area contributed by atoms with Crippen LogP contribution in [0.2, 0.25) is 13.1 Å². The highest BCUT2D eigenvalue weighted by Gasteiger charge is 2.17. The molecular weight excluding hydrogens is 236 g/mol. The Kier molecular flexibility index (Phi) is 9.79. The zero-order valence-electron chi connectivity index (χ0n) is 9.75. The fourth-order valence-electron chi connectivity index (χ4n) is 0.808. The van der Waals surface area contributed by atoms with Crippen LogP contribution >= 0.6 is 11.1 Å². The van der Waals surface area contributed by atoms with E-state index in [1.807, 2.05) is 13.1 Å². The average Bonchev–Trinajstić information content (AvgIpc) is 2.14. The van der Waals surface area contributed by atoms with Gasteiger partial charge in [0.15, 0.2) is 0 Å². The van der Waals surface area contributed by atoms with Gasteiger partial charge in [-0.2, -0.15) is 0 Å². The number of hydrogen-bond donors (Lipinski definition) is 0. The van der Waals surface area contributed by atoms with Gasteiger partial charge in [-0.25, -0.2) is 0 Å². The monoisotopic (exact) mass is 256 g/mol. The highest BCUT2D eigenvalue weighted by molar-refractivity contribution is 7.15. The van der Waals surface area contributed by atoms with Gasteiger partial charge in [-0.15, -0.1) is 11.1 Å². The van der Waals surface area contributed by atoms with Crippen molar-refractivity contribution in [2.75, 3.05) is 46.8 Å². The summed E-state index contributed by atoms with van der Waals surface area (Å²) < 4.78 is 20.7. The van der Waals surface area contributed by atoms with Gasteiger partial charge < -0.3 is 18.6 Å². The van der Waals surface area contributed by atoms with Crippen molar-refractivity contribution in [1.82, 2.24) is 0 Å². The maximum Gasteiger partial charge on any atom is 0.283 e. The Morgan fingerprint density at radius 1 is 0.867 bits per heavy atom. The Hall–Kier alpha value is 0.347. The van der Waals surface area contributed by atoms with Crippen LogP contribution in [-0.2, 0) is 18.6 Å². The normalized spacial score (nSPS) is 12.0. The van der Waals surface area contributed by atoms with Crippen molar-refractivity contribution in [2.24, 2.45) is 0 Å². The molecule has 92 valence electrons. The predicted octanol–water partition coefficient (Wildman–Crippen LogP) is 1.62. The van der Waals surface area contributed by atoms with E-state index in [1.165, 1.54) is 0 Å². The highest BCUT2D eigenvalue weighted by atomic mass is 35.6. The van der Waals surface area contributed by atoms with Crippen LogP contribution in [0.25, 0.3) is 0 Å². The fourth-order valence-corrected chi connectivity index (χ4v) is 1.61. The standard InChI is InChI=1S/C9H21ClO4Si/c1-11-4-5-12-6-7-13-8-9-14-15(2,3)10/h4-9H2,1-3H3. The van der Waals surface area contributed by atoms with Gasteiger partial charge in [0, 0.05) is 7.11 Å². The summed E-state index contributed by atoms with van der Waals surface area (Å²) >= 11 is 5.95. The molecule has 0 aliphatic carbocycles. The van der Waals surface area contributed by atoms with Crippen molar-refractivity contribution < 1.29 is 18.6 Å². The van der Waals surface area contributed by atoms with Gasteiger partial charge in [0.25, 0.3) is 7.63 Å². The van der Waals surface area contributed by atoms with Crippen LogP contribution in [0.5, 0.6) is 0 Å². The number of hydrogen-bond acceptors (Lipinski definition) is 4. The maximum absolute atomic E-state index is 5.95. The Bertz CT molecular complexity index is 141. The second-order valence-corrected chi connectivity index (χ2v) is 9.18. The molecule has 6 heteroatoms. The molecule has 0 heterocycles. The van der Waals surface area contributed by atoms with Gasteiger partial charge in [-0.05, 0) is 13.1 Å². The Morgan fingerprint density at radius 3 is 1.80 bits per heavy atom. The van der Waals surface area contributed by atoms with E-state index in [0.717, 1.165) is 0 Å². The van der Waals surface area contributed by atoms with Gasteiger partial charge in [0.1, 0.15) is 0 Å².